The Balaban J connectivity index is 3.11. The third kappa shape index (κ3) is 4.61. The summed E-state index contributed by atoms with van der Waals surface area (Å²) >= 11 is 7.33. The molecule has 4 nitrogen and oxygen atoms in total. The van der Waals surface area contributed by atoms with Crippen molar-refractivity contribution < 1.29 is 12.8 Å². The van der Waals surface area contributed by atoms with E-state index >= 15 is 0 Å². The normalized spacial score (nSPS) is 11.8. The number of hydrogen-bond donors (Lipinski definition) is 2. The maximum Gasteiger partial charge on any atom is 0.243 e. The number of rotatable bonds is 7. The van der Waals surface area contributed by atoms with E-state index in [1.807, 2.05) is 6.26 Å². The molecule has 0 aliphatic carbocycles. The van der Waals surface area contributed by atoms with Gasteiger partial charge in [-0.25, -0.2) is 17.5 Å². The van der Waals surface area contributed by atoms with Gasteiger partial charge in [-0.3, -0.25) is 0 Å². The minimum absolute atomic E-state index is 0.192. The molecule has 8 heteroatoms. The average molecular weight is 327 g/mol. The molecule has 0 aliphatic heterocycles. The zero-order valence-electron chi connectivity index (χ0n) is 10.7. The molecule has 0 fully saturated rings. The predicted octanol–water partition coefficient (Wildman–Crippen LogP) is 1.84. The molecule has 19 heavy (non-hydrogen) atoms. The Morgan fingerprint density at radius 1 is 1.42 bits per heavy atom. The van der Waals surface area contributed by atoms with Gasteiger partial charge < -0.3 is 5.32 Å². The van der Waals surface area contributed by atoms with Crippen LogP contribution in [-0.2, 0) is 16.6 Å². The summed E-state index contributed by atoms with van der Waals surface area (Å²) in [4.78, 5) is -0.411. The quantitative estimate of drug-likeness (QED) is 0.751. The SMILES string of the molecule is CNCc1cc(Cl)cc(S(=O)(=O)NCCSC)c1F. The highest BCUT2D eigenvalue weighted by Gasteiger charge is 2.21. The van der Waals surface area contributed by atoms with Crippen LogP contribution in [0.3, 0.4) is 0 Å². The Labute approximate surface area is 122 Å². The van der Waals surface area contributed by atoms with Crippen molar-refractivity contribution in [1.82, 2.24) is 10.0 Å². The Kier molecular flexibility index (Phi) is 6.55. The van der Waals surface area contributed by atoms with Gasteiger partial charge in [-0.1, -0.05) is 11.6 Å². The second-order valence-corrected chi connectivity index (χ2v) is 6.96. The van der Waals surface area contributed by atoms with Gasteiger partial charge in [0.1, 0.15) is 10.7 Å². The summed E-state index contributed by atoms with van der Waals surface area (Å²) in [6.45, 7) is 0.455. The Morgan fingerprint density at radius 3 is 2.68 bits per heavy atom. The summed E-state index contributed by atoms with van der Waals surface area (Å²) in [5.41, 5.74) is 0.222. The first-order valence-corrected chi connectivity index (χ1v) is 8.79. The molecule has 0 atom stereocenters. The summed E-state index contributed by atoms with van der Waals surface area (Å²) in [7, 11) is -2.23. The maximum atomic E-state index is 14.1. The lowest BCUT2D eigenvalue weighted by molar-refractivity contribution is 0.547. The van der Waals surface area contributed by atoms with Crippen LogP contribution >= 0.6 is 23.4 Å². The van der Waals surface area contributed by atoms with E-state index in [0.717, 1.165) is 6.07 Å². The van der Waals surface area contributed by atoms with Gasteiger partial charge in [0, 0.05) is 29.4 Å². The van der Waals surface area contributed by atoms with Crippen LogP contribution in [-0.4, -0.2) is 34.0 Å². The monoisotopic (exact) mass is 326 g/mol. The standard InChI is InChI=1S/C11H16ClFN2O2S2/c1-14-7-8-5-9(12)6-10(11(8)13)19(16,17)15-3-4-18-2/h5-6,14-15H,3-4,7H2,1-2H3. The predicted molar refractivity (Wildman–Crippen MR) is 77.7 cm³/mol. The molecule has 0 aromatic heterocycles. The van der Waals surface area contributed by atoms with Gasteiger partial charge in [-0.15, -0.1) is 0 Å². The minimum atomic E-state index is -3.88. The lowest BCUT2D eigenvalue weighted by Gasteiger charge is -2.11. The van der Waals surface area contributed by atoms with Crippen LogP contribution < -0.4 is 10.0 Å². The average Bonchev–Trinajstić information content (AvgIpc) is 2.33. The molecule has 0 unspecified atom stereocenters. The minimum Gasteiger partial charge on any atom is -0.316 e. The van der Waals surface area contributed by atoms with E-state index in [4.69, 9.17) is 11.6 Å². The first-order valence-electron chi connectivity index (χ1n) is 5.53. The molecule has 0 heterocycles. The zero-order chi connectivity index (χ0) is 14.5. The Hall–Kier alpha value is -0.340. The highest BCUT2D eigenvalue weighted by atomic mass is 35.5. The van der Waals surface area contributed by atoms with E-state index in [1.165, 1.54) is 17.8 Å². The summed E-state index contributed by atoms with van der Waals surface area (Å²) in [5.74, 6) is -0.152. The number of thioether (sulfide) groups is 1. The summed E-state index contributed by atoms with van der Waals surface area (Å²) in [6.07, 6.45) is 1.86. The van der Waals surface area contributed by atoms with E-state index in [9.17, 15) is 12.8 Å². The molecule has 0 saturated carbocycles. The first kappa shape index (κ1) is 16.7. The van der Waals surface area contributed by atoms with Crippen LogP contribution in [0.4, 0.5) is 4.39 Å². The lowest BCUT2D eigenvalue weighted by atomic mass is 10.2. The molecular formula is C11H16ClFN2O2S2. The van der Waals surface area contributed by atoms with Gasteiger partial charge in [0.25, 0.3) is 0 Å². The van der Waals surface area contributed by atoms with Crippen LogP contribution in [0.5, 0.6) is 0 Å². The van der Waals surface area contributed by atoms with Gasteiger partial charge in [-0.2, -0.15) is 11.8 Å². The van der Waals surface area contributed by atoms with Crippen molar-refractivity contribution in [3.8, 4) is 0 Å². The fourth-order valence-electron chi connectivity index (χ4n) is 1.49. The highest BCUT2D eigenvalue weighted by Crippen LogP contribution is 2.23. The number of benzene rings is 1. The van der Waals surface area contributed by atoms with Crippen LogP contribution in [0.1, 0.15) is 5.56 Å². The highest BCUT2D eigenvalue weighted by molar-refractivity contribution is 7.98. The van der Waals surface area contributed by atoms with Crippen molar-refractivity contribution in [3.05, 3.63) is 28.5 Å². The van der Waals surface area contributed by atoms with E-state index in [1.54, 1.807) is 7.05 Å². The van der Waals surface area contributed by atoms with Crippen molar-refractivity contribution in [2.75, 3.05) is 25.6 Å². The molecule has 108 valence electrons. The van der Waals surface area contributed by atoms with Crippen molar-refractivity contribution >= 4 is 33.4 Å². The van der Waals surface area contributed by atoms with Crippen LogP contribution in [0.2, 0.25) is 5.02 Å². The maximum absolute atomic E-state index is 14.1. The topological polar surface area (TPSA) is 58.2 Å². The molecule has 0 radical (unpaired) electrons. The third-order valence-corrected chi connectivity index (χ3v) is 4.63. The number of sulfonamides is 1. The largest absolute Gasteiger partial charge is 0.316 e. The Bertz CT molecular complexity index is 538. The van der Waals surface area contributed by atoms with Crippen molar-refractivity contribution in [1.29, 1.82) is 0 Å². The molecule has 1 rings (SSSR count). The van der Waals surface area contributed by atoms with E-state index in [0.29, 0.717) is 5.75 Å². The van der Waals surface area contributed by atoms with Gasteiger partial charge in [-0.05, 0) is 25.4 Å². The first-order chi connectivity index (χ1) is 8.92. The Morgan fingerprint density at radius 2 is 2.11 bits per heavy atom. The summed E-state index contributed by atoms with van der Waals surface area (Å²) in [5, 5.41) is 2.96. The summed E-state index contributed by atoms with van der Waals surface area (Å²) < 4.78 is 40.5. The molecule has 2 N–H and O–H groups in total. The second-order valence-electron chi connectivity index (χ2n) is 3.80. The van der Waals surface area contributed by atoms with E-state index < -0.39 is 20.7 Å². The second kappa shape index (κ2) is 7.44. The van der Waals surface area contributed by atoms with Crippen LogP contribution in [0, 0.1) is 5.82 Å². The fraction of sp³-hybridized carbons (Fsp3) is 0.455. The molecule has 0 saturated heterocycles. The third-order valence-electron chi connectivity index (χ3n) is 2.33. The van der Waals surface area contributed by atoms with Gasteiger partial charge >= 0.3 is 0 Å². The van der Waals surface area contributed by atoms with Gasteiger partial charge in [0.05, 0.1) is 0 Å². The fourth-order valence-corrected chi connectivity index (χ4v) is 3.41. The van der Waals surface area contributed by atoms with E-state index in [-0.39, 0.29) is 23.7 Å². The van der Waals surface area contributed by atoms with Crippen LogP contribution in [0.15, 0.2) is 17.0 Å². The summed E-state index contributed by atoms with van der Waals surface area (Å²) in [6, 6.07) is 2.53. The van der Waals surface area contributed by atoms with Crippen molar-refractivity contribution in [2.45, 2.75) is 11.4 Å². The van der Waals surface area contributed by atoms with Gasteiger partial charge in [0.2, 0.25) is 10.0 Å². The molecule has 1 aromatic rings. The number of hydrogen-bond acceptors (Lipinski definition) is 4. The van der Waals surface area contributed by atoms with E-state index in [2.05, 4.69) is 10.0 Å². The molecule has 1 aromatic carbocycles. The number of halogens is 2. The molecule has 0 aliphatic rings. The lowest BCUT2D eigenvalue weighted by Crippen LogP contribution is -2.27. The molecular weight excluding hydrogens is 311 g/mol. The molecule has 0 amide bonds. The van der Waals surface area contributed by atoms with Gasteiger partial charge in [0.15, 0.2) is 0 Å². The zero-order valence-corrected chi connectivity index (χ0v) is 13.1. The number of nitrogens with one attached hydrogen (secondary N) is 2. The van der Waals surface area contributed by atoms with Crippen molar-refractivity contribution in [3.63, 3.8) is 0 Å². The van der Waals surface area contributed by atoms with Crippen molar-refractivity contribution in [2.24, 2.45) is 0 Å². The molecule has 0 bridgehead atoms. The molecule has 0 spiro atoms. The van der Waals surface area contributed by atoms with Crippen LogP contribution in [0.25, 0.3) is 0 Å². The smallest absolute Gasteiger partial charge is 0.243 e.